The second-order valence-electron chi connectivity index (χ2n) is 4.65. The summed E-state index contributed by atoms with van der Waals surface area (Å²) in [6, 6.07) is 0. The molecule has 0 aromatic carbocycles. The van der Waals surface area contributed by atoms with Crippen molar-refractivity contribution in [1.29, 1.82) is 0 Å². The first-order valence-corrected chi connectivity index (χ1v) is 4.94. The van der Waals surface area contributed by atoms with Gasteiger partial charge in [0.05, 0.1) is 0 Å². The molecule has 12 heavy (non-hydrogen) atoms. The Morgan fingerprint density at radius 3 is 2.25 bits per heavy atom. The zero-order chi connectivity index (χ0) is 8.34. The molecule has 2 saturated carbocycles. The Labute approximate surface area is 72.8 Å². The highest BCUT2D eigenvalue weighted by atomic mass is 16.1. The van der Waals surface area contributed by atoms with Crippen LogP contribution in [0.4, 0.5) is 0 Å². The van der Waals surface area contributed by atoms with E-state index in [9.17, 15) is 4.79 Å². The van der Waals surface area contributed by atoms with Crippen molar-refractivity contribution in [1.82, 2.24) is 0 Å². The minimum atomic E-state index is 0.421. The van der Waals surface area contributed by atoms with Crippen LogP contribution in [0.15, 0.2) is 12.2 Å². The van der Waals surface area contributed by atoms with Crippen LogP contribution in [0.2, 0.25) is 0 Å². The van der Waals surface area contributed by atoms with Crippen LogP contribution in [0.5, 0.6) is 0 Å². The number of Topliss-reactive ketones (excluding diaryl/α,β-unsaturated/α-hetero) is 1. The molecule has 1 spiro atoms. The molecule has 2 fully saturated rings. The highest BCUT2D eigenvalue weighted by Crippen LogP contribution is 2.72. The van der Waals surface area contributed by atoms with Crippen LogP contribution in [-0.2, 0) is 4.79 Å². The van der Waals surface area contributed by atoms with Gasteiger partial charge in [-0.2, -0.15) is 0 Å². The van der Waals surface area contributed by atoms with E-state index >= 15 is 0 Å². The van der Waals surface area contributed by atoms with Crippen LogP contribution >= 0.6 is 0 Å². The molecule has 0 aliphatic heterocycles. The van der Waals surface area contributed by atoms with Crippen molar-refractivity contribution in [2.24, 2.45) is 23.2 Å². The molecule has 0 saturated heterocycles. The second kappa shape index (κ2) is 1.84. The number of carbonyl (C=O) groups excluding carboxylic acids is 1. The summed E-state index contributed by atoms with van der Waals surface area (Å²) in [5.41, 5.74) is 0.450. The zero-order valence-electron chi connectivity index (χ0n) is 7.42. The second-order valence-corrected chi connectivity index (χ2v) is 4.65. The van der Waals surface area contributed by atoms with E-state index in [1.807, 2.05) is 0 Å². The molecule has 0 radical (unpaired) electrons. The normalized spacial score (nSPS) is 53.6. The lowest BCUT2D eigenvalue weighted by Crippen LogP contribution is -2.14. The molecule has 3 aliphatic rings. The first-order valence-electron chi connectivity index (χ1n) is 4.94. The largest absolute Gasteiger partial charge is 0.300 e. The van der Waals surface area contributed by atoms with Crippen molar-refractivity contribution in [3.63, 3.8) is 0 Å². The number of ketones is 1. The molecular formula is C11H14O. The van der Waals surface area contributed by atoms with Crippen molar-refractivity contribution >= 4 is 5.78 Å². The van der Waals surface area contributed by atoms with E-state index in [4.69, 9.17) is 0 Å². The standard InChI is InChI=1S/C11H14O/c1-7(12)10-6-11(10)8-2-3-9(11)5-4-8/h2-3,8-10H,4-6H2,1H3. The number of hydrogen-bond donors (Lipinski definition) is 0. The molecule has 0 aromatic heterocycles. The van der Waals surface area contributed by atoms with Gasteiger partial charge in [0, 0.05) is 5.92 Å². The van der Waals surface area contributed by atoms with Gasteiger partial charge < -0.3 is 0 Å². The van der Waals surface area contributed by atoms with Gasteiger partial charge in [0.1, 0.15) is 5.78 Å². The van der Waals surface area contributed by atoms with Crippen LogP contribution in [0.3, 0.4) is 0 Å². The molecule has 0 aromatic rings. The summed E-state index contributed by atoms with van der Waals surface area (Å²) in [5.74, 6) is 2.37. The first-order chi connectivity index (χ1) is 5.75. The van der Waals surface area contributed by atoms with Crippen LogP contribution in [0.25, 0.3) is 0 Å². The van der Waals surface area contributed by atoms with E-state index in [-0.39, 0.29) is 0 Å². The Hall–Kier alpha value is -0.590. The predicted molar refractivity (Wildman–Crippen MR) is 46.6 cm³/mol. The van der Waals surface area contributed by atoms with Crippen LogP contribution in [-0.4, -0.2) is 5.78 Å². The van der Waals surface area contributed by atoms with Crippen LogP contribution in [0, 0.1) is 23.2 Å². The Bertz CT molecular complexity index is 263. The third kappa shape index (κ3) is 0.562. The molecule has 0 amide bonds. The molecule has 0 N–H and O–H groups in total. The van der Waals surface area contributed by atoms with Gasteiger partial charge in [0.2, 0.25) is 0 Å². The maximum absolute atomic E-state index is 11.3. The maximum Gasteiger partial charge on any atom is 0.133 e. The van der Waals surface area contributed by atoms with E-state index < -0.39 is 0 Å². The van der Waals surface area contributed by atoms with E-state index in [0.717, 1.165) is 11.8 Å². The van der Waals surface area contributed by atoms with Crippen molar-refractivity contribution < 1.29 is 4.79 Å². The lowest BCUT2D eigenvalue weighted by Gasteiger charge is -2.14. The fourth-order valence-corrected chi connectivity index (χ4v) is 3.63. The Morgan fingerprint density at radius 2 is 1.92 bits per heavy atom. The molecule has 3 aliphatic carbocycles. The van der Waals surface area contributed by atoms with Gasteiger partial charge in [0.15, 0.2) is 0 Å². The summed E-state index contributed by atoms with van der Waals surface area (Å²) < 4.78 is 0. The van der Waals surface area contributed by atoms with Gasteiger partial charge in [-0.05, 0) is 43.4 Å². The Morgan fingerprint density at radius 1 is 1.33 bits per heavy atom. The lowest BCUT2D eigenvalue weighted by molar-refractivity contribution is -0.119. The Kier molecular flexibility index (Phi) is 1.05. The smallest absolute Gasteiger partial charge is 0.133 e. The summed E-state index contributed by atoms with van der Waals surface area (Å²) in [4.78, 5) is 11.3. The molecule has 1 heteroatoms. The quantitative estimate of drug-likeness (QED) is 0.540. The van der Waals surface area contributed by atoms with Crippen molar-refractivity contribution in [3.8, 4) is 0 Å². The molecule has 3 atom stereocenters. The number of hydrogen-bond acceptors (Lipinski definition) is 1. The maximum atomic E-state index is 11.3. The minimum Gasteiger partial charge on any atom is -0.300 e. The number of rotatable bonds is 1. The number of carbonyl (C=O) groups is 1. The molecule has 3 unspecified atom stereocenters. The van der Waals surface area contributed by atoms with Crippen LogP contribution < -0.4 is 0 Å². The monoisotopic (exact) mass is 162 g/mol. The molecule has 0 heterocycles. The average Bonchev–Trinajstić information content (AvgIpc) is 2.61. The zero-order valence-corrected chi connectivity index (χ0v) is 7.42. The fourth-order valence-electron chi connectivity index (χ4n) is 3.63. The number of allylic oxidation sites excluding steroid dienone is 2. The molecule has 2 bridgehead atoms. The summed E-state index contributed by atoms with van der Waals surface area (Å²) in [6.07, 6.45) is 8.58. The third-order valence-corrected chi connectivity index (χ3v) is 4.28. The van der Waals surface area contributed by atoms with E-state index in [0.29, 0.717) is 17.1 Å². The molecule has 1 nitrogen and oxygen atoms in total. The molecule has 3 rings (SSSR count). The van der Waals surface area contributed by atoms with Gasteiger partial charge in [-0.3, -0.25) is 4.79 Å². The fraction of sp³-hybridized carbons (Fsp3) is 0.727. The highest BCUT2D eigenvalue weighted by Gasteiger charge is 2.67. The topological polar surface area (TPSA) is 17.1 Å². The average molecular weight is 162 g/mol. The van der Waals surface area contributed by atoms with Crippen molar-refractivity contribution in [3.05, 3.63) is 12.2 Å². The van der Waals surface area contributed by atoms with Crippen LogP contribution in [0.1, 0.15) is 26.2 Å². The van der Waals surface area contributed by atoms with E-state index in [1.54, 1.807) is 6.92 Å². The van der Waals surface area contributed by atoms with Gasteiger partial charge in [-0.15, -0.1) is 0 Å². The summed E-state index contributed by atoms with van der Waals surface area (Å²) >= 11 is 0. The first kappa shape index (κ1) is 6.88. The summed E-state index contributed by atoms with van der Waals surface area (Å²) in [6.45, 7) is 1.76. The highest BCUT2D eigenvalue weighted by molar-refractivity contribution is 5.83. The van der Waals surface area contributed by atoms with Crippen molar-refractivity contribution in [2.75, 3.05) is 0 Å². The van der Waals surface area contributed by atoms with Gasteiger partial charge >= 0.3 is 0 Å². The van der Waals surface area contributed by atoms with Gasteiger partial charge in [-0.1, -0.05) is 12.2 Å². The predicted octanol–water partition coefficient (Wildman–Crippen LogP) is 2.18. The molecular weight excluding hydrogens is 148 g/mol. The summed E-state index contributed by atoms with van der Waals surface area (Å²) in [7, 11) is 0. The van der Waals surface area contributed by atoms with E-state index in [2.05, 4.69) is 12.2 Å². The summed E-state index contributed by atoms with van der Waals surface area (Å²) in [5, 5.41) is 0. The van der Waals surface area contributed by atoms with E-state index in [1.165, 1.54) is 19.3 Å². The Balaban J connectivity index is 1.93. The SMILES string of the molecule is CC(=O)C1CC12C1C=CC2CC1. The minimum absolute atomic E-state index is 0.421. The lowest BCUT2D eigenvalue weighted by atomic mass is 9.89. The molecule has 64 valence electrons. The van der Waals surface area contributed by atoms with Crippen molar-refractivity contribution in [2.45, 2.75) is 26.2 Å². The third-order valence-electron chi connectivity index (χ3n) is 4.28. The van der Waals surface area contributed by atoms with Gasteiger partial charge in [-0.25, -0.2) is 0 Å². The van der Waals surface area contributed by atoms with Gasteiger partial charge in [0.25, 0.3) is 0 Å².